The maximum absolute atomic E-state index is 13.3. The summed E-state index contributed by atoms with van der Waals surface area (Å²) in [5.74, 6) is -2.06. The van der Waals surface area contributed by atoms with Gasteiger partial charge in [0.05, 0.1) is 26.4 Å². The van der Waals surface area contributed by atoms with Gasteiger partial charge < -0.3 is 19.3 Å². The van der Waals surface area contributed by atoms with Gasteiger partial charge in [-0.1, -0.05) is 19.8 Å². The summed E-state index contributed by atoms with van der Waals surface area (Å²) in [6.07, 6.45) is 3.06. The van der Waals surface area contributed by atoms with Gasteiger partial charge in [0, 0.05) is 11.1 Å². The van der Waals surface area contributed by atoms with Gasteiger partial charge >= 0.3 is 11.9 Å². The zero-order valence-electron chi connectivity index (χ0n) is 18.3. The predicted molar refractivity (Wildman–Crippen MR) is 115 cm³/mol. The lowest BCUT2D eigenvalue weighted by atomic mass is 9.89. The third kappa shape index (κ3) is 5.42. The Labute approximate surface area is 181 Å². The van der Waals surface area contributed by atoms with E-state index in [0.717, 1.165) is 26.4 Å². The molecule has 0 unspecified atom stereocenters. The van der Waals surface area contributed by atoms with Gasteiger partial charge in [0.1, 0.15) is 17.1 Å². The van der Waals surface area contributed by atoms with E-state index in [1.165, 1.54) is 13.2 Å². The van der Waals surface area contributed by atoms with E-state index in [9.17, 15) is 19.5 Å². The summed E-state index contributed by atoms with van der Waals surface area (Å²) in [5, 5.41) is 10.8. The van der Waals surface area contributed by atoms with Crippen molar-refractivity contribution in [3.8, 4) is 11.5 Å². The highest BCUT2D eigenvalue weighted by Crippen LogP contribution is 2.33. The number of benzene rings is 2. The minimum atomic E-state index is -0.915. The highest BCUT2D eigenvalue weighted by atomic mass is 16.5. The van der Waals surface area contributed by atoms with Gasteiger partial charge in [0.25, 0.3) is 0 Å². The van der Waals surface area contributed by atoms with Gasteiger partial charge in [-0.3, -0.25) is 4.79 Å². The molecule has 31 heavy (non-hydrogen) atoms. The molecule has 2 rings (SSSR count). The Hall–Kier alpha value is -3.35. The van der Waals surface area contributed by atoms with Crippen LogP contribution >= 0.6 is 0 Å². The number of aryl methyl sites for hydroxylation is 1. The van der Waals surface area contributed by atoms with Crippen LogP contribution in [0, 0.1) is 0 Å². The zero-order chi connectivity index (χ0) is 23.0. The van der Waals surface area contributed by atoms with E-state index in [-0.39, 0.29) is 29.0 Å². The second-order valence-electron chi connectivity index (χ2n) is 6.91. The first kappa shape index (κ1) is 23.9. The summed E-state index contributed by atoms with van der Waals surface area (Å²) in [6.45, 7) is 3.69. The predicted octanol–water partition coefficient (Wildman–Crippen LogP) is 4.33. The fourth-order valence-corrected chi connectivity index (χ4v) is 3.28. The molecular weight excluding hydrogens is 400 g/mol. The van der Waals surface area contributed by atoms with Gasteiger partial charge in [0.2, 0.25) is 0 Å². The van der Waals surface area contributed by atoms with Gasteiger partial charge in [-0.05, 0) is 55.7 Å². The molecule has 0 aromatic heterocycles. The molecule has 1 N–H and O–H groups in total. The molecule has 7 heteroatoms. The molecule has 2 aromatic carbocycles. The molecular formula is C24H28O7. The lowest BCUT2D eigenvalue weighted by Gasteiger charge is -2.17. The lowest BCUT2D eigenvalue weighted by molar-refractivity contribution is 0.0499. The quantitative estimate of drug-likeness (QED) is 0.342. The molecule has 0 spiro atoms. The van der Waals surface area contributed by atoms with Crippen LogP contribution in [0.15, 0.2) is 30.3 Å². The Morgan fingerprint density at radius 1 is 0.935 bits per heavy atom. The molecule has 0 heterocycles. The zero-order valence-corrected chi connectivity index (χ0v) is 18.3. The lowest BCUT2D eigenvalue weighted by Crippen LogP contribution is -2.20. The molecule has 0 saturated heterocycles. The monoisotopic (exact) mass is 428 g/mol. The number of ketones is 1. The van der Waals surface area contributed by atoms with Crippen molar-refractivity contribution in [1.29, 1.82) is 0 Å². The number of carbonyl (C=O) groups is 3. The molecule has 7 nitrogen and oxygen atoms in total. The highest BCUT2D eigenvalue weighted by molar-refractivity contribution is 6.18. The standard InChI is InChI=1S/C24H28O7/c1-5-7-8-9-16-14-18(21(25)15-10-12-17(29-3)13-11-15)19(24(28)31-6-2)20(22(16)26)23(27)30-4/h10-14,26H,5-9H2,1-4H3. The van der Waals surface area contributed by atoms with Gasteiger partial charge in [-0.25, -0.2) is 9.59 Å². The maximum Gasteiger partial charge on any atom is 0.342 e. The van der Waals surface area contributed by atoms with Crippen molar-refractivity contribution in [2.75, 3.05) is 20.8 Å². The summed E-state index contributed by atoms with van der Waals surface area (Å²) in [6, 6.07) is 7.85. The molecule has 0 aliphatic carbocycles. The number of esters is 2. The number of phenolic OH excluding ortho intramolecular Hbond substituents is 1. The van der Waals surface area contributed by atoms with Crippen molar-refractivity contribution >= 4 is 17.7 Å². The average Bonchev–Trinajstić information content (AvgIpc) is 2.79. The van der Waals surface area contributed by atoms with Crippen LogP contribution in [0.1, 0.15) is 75.3 Å². The number of aromatic hydroxyl groups is 1. The molecule has 166 valence electrons. The van der Waals surface area contributed by atoms with Crippen molar-refractivity contribution in [2.24, 2.45) is 0 Å². The summed E-state index contributed by atoms with van der Waals surface area (Å²) in [5.41, 5.74) is 0.0255. The van der Waals surface area contributed by atoms with Crippen molar-refractivity contribution in [3.05, 3.63) is 58.1 Å². The number of hydrogen-bond acceptors (Lipinski definition) is 7. The fraction of sp³-hybridized carbons (Fsp3) is 0.375. The van der Waals surface area contributed by atoms with E-state index in [2.05, 4.69) is 0 Å². The summed E-state index contributed by atoms with van der Waals surface area (Å²) in [7, 11) is 2.66. The molecule has 0 bridgehead atoms. The number of ether oxygens (including phenoxy) is 3. The largest absolute Gasteiger partial charge is 0.507 e. The SMILES string of the molecule is CCCCCc1cc(C(=O)c2ccc(OC)cc2)c(C(=O)OCC)c(C(=O)OC)c1O. The van der Waals surface area contributed by atoms with Crippen LogP contribution in [-0.4, -0.2) is 43.7 Å². The highest BCUT2D eigenvalue weighted by Gasteiger charge is 2.31. The van der Waals surface area contributed by atoms with E-state index < -0.39 is 17.7 Å². The van der Waals surface area contributed by atoms with Crippen LogP contribution in [-0.2, 0) is 15.9 Å². The second-order valence-corrected chi connectivity index (χ2v) is 6.91. The van der Waals surface area contributed by atoms with Crippen molar-refractivity contribution in [3.63, 3.8) is 0 Å². The Balaban J connectivity index is 2.73. The van der Waals surface area contributed by atoms with Gasteiger partial charge in [-0.2, -0.15) is 0 Å². The average molecular weight is 428 g/mol. The molecule has 0 aliphatic rings. The second kappa shape index (κ2) is 11.2. The van der Waals surface area contributed by atoms with Crippen LogP contribution < -0.4 is 4.74 Å². The van der Waals surface area contributed by atoms with Crippen LogP contribution in [0.2, 0.25) is 0 Å². The normalized spacial score (nSPS) is 10.5. The summed E-state index contributed by atoms with van der Waals surface area (Å²) in [4.78, 5) is 38.6. The minimum Gasteiger partial charge on any atom is -0.507 e. The van der Waals surface area contributed by atoms with Crippen molar-refractivity contribution < 1.29 is 33.7 Å². The molecule has 0 atom stereocenters. The third-order valence-corrected chi connectivity index (χ3v) is 4.89. The van der Waals surface area contributed by atoms with E-state index in [1.54, 1.807) is 31.2 Å². The number of carbonyl (C=O) groups excluding carboxylic acids is 3. The van der Waals surface area contributed by atoms with Crippen LogP contribution in [0.5, 0.6) is 11.5 Å². The fourth-order valence-electron chi connectivity index (χ4n) is 3.28. The topological polar surface area (TPSA) is 99.1 Å². The van der Waals surface area contributed by atoms with Crippen LogP contribution in [0.4, 0.5) is 0 Å². The first-order valence-corrected chi connectivity index (χ1v) is 10.2. The minimum absolute atomic E-state index is 0.0201. The van der Waals surface area contributed by atoms with E-state index in [4.69, 9.17) is 14.2 Å². The maximum atomic E-state index is 13.3. The molecule has 0 amide bonds. The first-order chi connectivity index (χ1) is 14.9. The van der Waals surface area contributed by atoms with Crippen LogP contribution in [0.3, 0.4) is 0 Å². The van der Waals surface area contributed by atoms with E-state index >= 15 is 0 Å². The summed E-state index contributed by atoms with van der Waals surface area (Å²) >= 11 is 0. The molecule has 0 fully saturated rings. The third-order valence-electron chi connectivity index (χ3n) is 4.89. The first-order valence-electron chi connectivity index (χ1n) is 10.2. The molecule has 2 aromatic rings. The number of unbranched alkanes of at least 4 members (excludes halogenated alkanes) is 2. The van der Waals surface area contributed by atoms with E-state index in [1.807, 2.05) is 6.92 Å². The number of hydrogen-bond donors (Lipinski definition) is 1. The molecule has 0 radical (unpaired) electrons. The van der Waals surface area contributed by atoms with E-state index in [0.29, 0.717) is 23.3 Å². The Bertz CT molecular complexity index is 945. The van der Waals surface area contributed by atoms with Gasteiger partial charge in [0.15, 0.2) is 5.78 Å². The number of methoxy groups -OCH3 is 2. The van der Waals surface area contributed by atoms with Gasteiger partial charge in [-0.15, -0.1) is 0 Å². The number of rotatable bonds is 10. The van der Waals surface area contributed by atoms with Crippen molar-refractivity contribution in [2.45, 2.75) is 39.5 Å². The Kier molecular flexibility index (Phi) is 8.61. The Morgan fingerprint density at radius 2 is 1.61 bits per heavy atom. The summed E-state index contributed by atoms with van der Waals surface area (Å²) < 4.78 is 15.0. The van der Waals surface area contributed by atoms with Crippen LogP contribution in [0.25, 0.3) is 0 Å². The molecule has 0 aliphatic heterocycles. The Morgan fingerprint density at radius 3 is 2.16 bits per heavy atom. The number of phenols is 1. The van der Waals surface area contributed by atoms with Crippen molar-refractivity contribution in [1.82, 2.24) is 0 Å². The smallest absolute Gasteiger partial charge is 0.342 e. The molecule has 0 saturated carbocycles.